The quantitative estimate of drug-likeness (QED) is 0.172. The van der Waals surface area contributed by atoms with Crippen LogP contribution >= 0.6 is 0 Å². The van der Waals surface area contributed by atoms with Crippen LogP contribution in [-0.4, -0.2) is 9.97 Å². The van der Waals surface area contributed by atoms with Gasteiger partial charge in [-0.25, -0.2) is 9.97 Å². The van der Waals surface area contributed by atoms with Crippen LogP contribution in [0.3, 0.4) is 0 Å². The van der Waals surface area contributed by atoms with E-state index in [-0.39, 0.29) is 5.41 Å². The molecule has 0 unspecified atom stereocenters. The van der Waals surface area contributed by atoms with Crippen molar-refractivity contribution in [3.63, 3.8) is 0 Å². The van der Waals surface area contributed by atoms with Gasteiger partial charge in [-0.3, -0.25) is 0 Å². The summed E-state index contributed by atoms with van der Waals surface area (Å²) in [5, 5.41) is 2.50. The Morgan fingerprint density at radius 3 is 1.47 bits per heavy atom. The Labute approximate surface area is 322 Å². The molecule has 0 atom stereocenters. The molecule has 8 aromatic carbocycles. The molecule has 55 heavy (non-hydrogen) atoms. The van der Waals surface area contributed by atoms with Gasteiger partial charge in [-0.1, -0.05) is 184 Å². The average Bonchev–Trinajstić information content (AvgIpc) is 3.48. The molecule has 1 aliphatic rings. The topological polar surface area (TPSA) is 25.8 Å². The first kappa shape index (κ1) is 32.7. The second-order valence-electron chi connectivity index (χ2n) is 15.0. The molecule has 260 valence electrons. The molecule has 2 heteroatoms. The Morgan fingerprint density at radius 2 is 0.818 bits per heavy atom. The number of hydrogen-bond acceptors (Lipinski definition) is 2. The lowest BCUT2D eigenvalue weighted by molar-refractivity contribution is 0.660. The van der Waals surface area contributed by atoms with Crippen molar-refractivity contribution < 1.29 is 0 Å². The predicted molar refractivity (Wildman–Crippen MR) is 230 cm³/mol. The van der Waals surface area contributed by atoms with Gasteiger partial charge in [0.25, 0.3) is 0 Å². The lowest BCUT2D eigenvalue weighted by atomic mass is 9.80. The molecule has 1 aromatic heterocycles. The highest BCUT2D eigenvalue weighted by atomic mass is 14.9. The summed E-state index contributed by atoms with van der Waals surface area (Å²) in [6, 6.07) is 69.7. The molecule has 0 radical (unpaired) electrons. The first-order valence-electron chi connectivity index (χ1n) is 19.0. The zero-order valence-electron chi connectivity index (χ0n) is 30.9. The van der Waals surface area contributed by atoms with Crippen molar-refractivity contribution in [1.82, 2.24) is 9.97 Å². The van der Waals surface area contributed by atoms with Gasteiger partial charge in [0.15, 0.2) is 5.82 Å². The lowest BCUT2D eigenvalue weighted by Gasteiger charge is -2.23. The van der Waals surface area contributed by atoms with Gasteiger partial charge in [-0.2, -0.15) is 0 Å². The second-order valence-corrected chi connectivity index (χ2v) is 15.0. The summed E-state index contributed by atoms with van der Waals surface area (Å²) in [5.41, 5.74) is 17.5. The average molecular weight is 703 g/mol. The normalized spacial score (nSPS) is 12.7. The molecule has 1 aliphatic carbocycles. The summed E-state index contributed by atoms with van der Waals surface area (Å²) in [4.78, 5) is 10.1. The highest BCUT2D eigenvalue weighted by Crippen LogP contribution is 2.52. The maximum atomic E-state index is 5.03. The Morgan fingerprint density at radius 1 is 0.309 bits per heavy atom. The number of benzene rings is 8. The van der Waals surface area contributed by atoms with Crippen molar-refractivity contribution in [2.75, 3.05) is 0 Å². The third-order valence-electron chi connectivity index (χ3n) is 11.3. The summed E-state index contributed by atoms with van der Waals surface area (Å²) in [7, 11) is 0. The molecule has 9 aromatic rings. The van der Waals surface area contributed by atoms with E-state index in [0.29, 0.717) is 5.82 Å². The van der Waals surface area contributed by atoms with Crippen LogP contribution in [0.25, 0.3) is 89.2 Å². The molecule has 0 spiro atoms. The van der Waals surface area contributed by atoms with Crippen LogP contribution in [0.4, 0.5) is 0 Å². The minimum atomic E-state index is -0.0868. The summed E-state index contributed by atoms with van der Waals surface area (Å²) < 4.78 is 0. The fourth-order valence-electron chi connectivity index (χ4n) is 8.33. The van der Waals surface area contributed by atoms with Crippen LogP contribution in [0, 0.1) is 0 Å². The van der Waals surface area contributed by atoms with Crippen LogP contribution in [0.2, 0.25) is 0 Å². The standard InChI is InChI=1S/C53H38N2/c1-53(2)48-20-12-11-19-44(48)47-32-45(43-30-25-35-13-9-10-18-42(35)31-43)46(33-49(47)53)38-26-21-36(22-27-38)37-23-28-41(29-24-37)52-54-50(39-14-5-3-6-15-39)34-51(55-52)40-16-7-4-8-17-40/h3-34H,1-2H3. The predicted octanol–water partition coefficient (Wildman–Crippen LogP) is 13.9. The van der Waals surface area contributed by atoms with Gasteiger partial charge < -0.3 is 0 Å². The molecule has 2 nitrogen and oxygen atoms in total. The fraction of sp³-hybridized carbons (Fsp3) is 0.0566. The first-order valence-corrected chi connectivity index (χ1v) is 19.0. The summed E-state index contributed by atoms with van der Waals surface area (Å²) in [5.74, 6) is 0.713. The van der Waals surface area contributed by atoms with Crippen molar-refractivity contribution in [3.05, 3.63) is 205 Å². The van der Waals surface area contributed by atoms with Crippen LogP contribution in [-0.2, 0) is 5.41 Å². The third kappa shape index (κ3) is 5.84. The van der Waals surface area contributed by atoms with Crippen LogP contribution in [0.5, 0.6) is 0 Å². The van der Waals surface area contributed by atoms with E-state index < -0.39 is 0 Å². The van der Waals surface area contributed by atoms with Gasteiger partial charge in [0.1, 0.15) is 0 Å². The van der Waals surface area contributed by atoms with E-state index in [4.69, 9.17) is 9.97 Å². The molecule has 10 rings (SSSR count). The van der Waals surface area contributed by atoms with E-state index in [0.717, 1.165) is 33.6 Å². The van der Waals surface area contributed by atoms with Gasteiger partial charge in [0.2, 0.25) is 0 Å². The van der Waals surface area contributed by atoms with Crippen molar-refractivity contribution >= 4 is 10.8 Å². The molecular weight excluding hydrogens is 665 g/mol. The van der Waals surface area contributed by atoms with Crippen molar-refractivity contribution in [2.45, 2.75) is 19.3 Å². The summed E-state index contributed by atoms with van der Waals surface area (Å²) in [6.45, 7) is 4.71. The molecule has 0 bridgehead atoms. The van der Waals surface area contributed by atoms with E-state index in [2.05, 4.69) is 172 Å². The maximum Gasteiger partial charge on any atom is 0.160 e. The SMILES string of the molecule is CC1(C)c2ccccc2-c2cc(-c3ccc4ccccc4c3)c(-c3ccc(-c4ccc(-c5nc(-c6ccccc6)cc(-c6ccccc6)n5)cc4)cc3)cc21. The van der Waals surface area contributed by atoms with E-state index in [1.54, 1.807) is 0 Å². The second kappa shape index (κ2) is 13.2. The highest BCUT2D eigenvalue weighted by molar-refractivity contribution is 5.96. The van der Waals surface area contributed by atoms with E-state index in [1.807, 2.05) is 36.4 Å². The largest absolute Gasteiger partial charge is 0.228 e. The molecule has 1 heterocycles. The molecule has 0 aliphatic heterocycles. The Balaban J connectivity index is 1.02. The monoisotopic (exact) mass is 702 g/mol. The van der Waals surface area contributed by atoms with Crippen LogP contribution < -0.4 is 0 Å². The van der Waals surface area contributed by atoms with E-state index >= 15 is 0 Å². The number of hydrogen-bond donors (Lipinski definition) is 0. The molecule has 0 N–H and O–H groups in total. The third-order valence-corrected chi connectivity index (χ3v) is 11.3. The van der Waals surface area contributed by atoms with Gasteiger partial charge >= 0.3 is 0 Å². The van der Waals surface area contributed by atoms with Gasteiger partial charge in [0.05, 0.1) is 11.4 Å². The zero-order valence-corrected chi connectivity index (χ0v) is 30.9. The van der Waals surface area contributed by atoms with Crippen molar-refractivity contribution in [2.24, 2.45) is 0 Å². The zero-order chi connectivity index (χ0) is 36.9. The molecular formula is C53H38N2. The van der Waals surface area contributed by atoms with Crippen molar-refractivity contribution in [3.8, 4) is 78.4 Å². The van der Waals surface area contributed by atoms with Gasteiger partial charge in [-0.15, -0.1) is 0 Å². The number of aromatic nitrogens is 2. The van der Waals surface area contributed by atoms with E-state index in [1.165, 1.54) is 60.8 Å². The van der Waals surface area contributed by atoms with E-state index in [9.17, 15) is 0 Å². The Kier molecular flexibility index (Phi) is 7.85. The smallest absolute Gasteiger partial charge is 0.160 e. The van der Waals surface area contributed by atoms with Gasteiger partial charge in [0, 0.05) is 22.1 Å². The number of rotatable bonds is 6. The molecule has 0 fully saturated rings. The van der Waals surface area contributed by atoms with Crippen LogP contribution in [0.1, 0.15) is 25.0 Å². The first-order chi connectivity index (χ1) is 27.0. The highest BCUT2D eigenvalue weighted by Gasteiger charge is 2.36. The summed E-state index contributed by atoms with van der Waals surface area (Å²) >= 11 is 0. The Hall–Kier alpha value is -6.90. The van der Waals surface area contributed by atoms with Crippen LogP contribution in [0.15, 0.2) is 194 Å². The molecule has 0 saturated heterocycles. The summed E-state index contributed by atoms with van der Waals surface area (Å²) in [6.07, 6.45) is 0. The Bertz CT molecular complexity index is 2800. The minimum Gasteiger partial charge on any atom is -0.228 e. The lowest BCUT2D eigenvalue weighted by Crippen LogP contribution is -2.15. The molecule has 0 saturated carbocycles. The number of fused-ring (bicyclic) bond motifs is 4. The fourth-order valence-corrected chi connectivity index (χ4v) is 8.33. The molecule has 0 amide bonds. The van der Waals surface area contributed by atoms with Gasteiger partial charge in [-0.05, 0) is 90.7 Å². The number of nitrogens with zero attached hydrogens (tertiary/aromatic N) is 2. The minimum absolute atomic E-state index is 0.0868. The maximum absolute atomic E-state index is 5.03. The van der Waals surface area contributed by atoms with Crippen molar-refractivity contribution in [1.29, 1.82) is 0 Å².